The second-order valence-corrected chi connectivity index (χ2v) is 6.04. The minimum atomic E-state index is 0.335. The van der Waals surface area contributed by atoms with Gasteiger partial charge in [-0.25, -0.2) is 4.98 Å². The number of nitrogens with zero attached hydrogens (tertiary/aromatic N) is 2. The van der Waals surface area contributed by atoms with E-state index in [9.17, 15) is 0 Å². The molecule has 0 bridgehead atoms. The fourth-order valence-electron chi connectivity index (χ4n) is 1.92. The third kappa shape index (κ3) is 3.63. The van der Waals surface area contributed by atoms with Crippen molar-refractivity contribution in [1.29, 1.82) is 0 Å². The molecule has 1 N–H and O–H groups in total. The Morgan fingerprint density at radius 1 is 1.44 bits per heavy atom. The van der Waals surface area contributed by atoms with Crippen molar-refractivity contribution in [2.45, 2.75) is 52.6 Å². The van der Waals surface area contributed by atoms with Crippen molar-refractivity contribution >= 4 is 0 Å². The van der Waals surface area contributed by atoms with Gasteiger partial charge in [-0.05, 0) is 24.7 Å². The highest BCUT2D eigenvalue weighted by atomic mass is 15.1. The zero-order valence-corrected chi connectivity index (χ0v) is 10.7. The molecule has 16 heavy (non-hydrogen) atoms. The monoisotopic (exact) mass is 221 g/mol. The summed E-state index contributed by atoms with van der Waals surface area (Å²) in [7, 11) is 0. The van der Waals surface area contributed by atoms with E-state index in [1.807, 2.05) is 12.5 Å². The van der Waals surface area contributed by atoms with Crippen LogP contribution in [0, 0.1) is 5.41 Å². The van der Waals surface area contributed by atoms with Crippen molar-refractivity contribution in [1.82, 2.24) is 14.9 Å². The quantitative estimate of drug-likeness (QED) is 0.826. The first-order valence-electron chi connectivity index (χ1n) is 6.27. The zero-order valence-electron chi connectivity index (χ0n) is 10.7. The summed E-state index contributed by atoms with van der Waals surface area (Å²) in [4.78, 5) is 4.25. The molecule has 3 nitrogen and oxygen atoms in total. The smallest absolute Gasteiger partial charge is 0.0948 e. The van der Waals surface area contributed by atoms with E-state index in [0.717, 1.165) is 25.6 Å². The molecule has 0 amide bonds. The van der Waals surface area contributed by atoms with E-state index in [0.29, 0.717) is 5.41 Å². The Hall–Kier alpha value is -0.830. The number of nitrogens with one attached hydrogen (secondary N) is 1. The number of imidazole rings is 1. The van der Waals surface area contributed by atoms with Crippen LogP contribution in [0.15, 0.2) is 12.5 Å². The van der Waals surface area contributed by atoms with Gasteiger partial charge >= 0.3 is 0 Å². The fourth-order valence-corrected chi connectivity index (χ4v) is 1.92. The highest BCUT2D eigenvalue weighted by molar-refractivity contribution is 5.01. The topological polar surface area (TPSA) is 29.9 Å². The van der Waals surface area contributed by atoms with Crippen LogP contribution in [-0.2, 0) is 13.0 Å². The molecule has 1 saturated carbocycles. The molecule has 90 valence electrons. The van der Waals surface area contributed by atoms with Gasteiger partial charge < -0.3 is 9.88 Å². The lowest BCUT2D eigenvalue weighted by atomic mass is 9.91. The van der Waals surface area contributed by atoms with Crippen LogP contribution in [0.25, 0.3) is 0 Å². The van der Waals surface area contributed by atoms with Crippen LogP contribution in [0.5, 0.6) is 0 Å². The van der Waals surface area contributed by atoms with Crippen LogP contribution >= 0.6 is 0 Å². The van der Waals surface area contributed by atoms with Crippen LogP contribution in [0.1, 0.15) is 39.3 Å². The van der Waals surface area contributed by atoms with Gasteiger partial charge in [0.1, 0.15) is 0 Å². The summed E-state index contributed by atoms with van der Waals surface area (Å²) in [6.07, 6.45) is 7.77. The van der Waals surface area contributed by atoms with E-state index in [1.165, 1.54) is 18.5 Å². The average molecular weight is 221 g/mol. The van der Waals surface area contributed by atoms with Gasteiger partial charge in [0.05, 0.1) is 6.33 Å². The molecule has 1 heterocycles. The molecule has 0 aliphatic heterocycles. The van der Waals surface area contributed by atoms with Crippen molar-refractivity contribution < 1.29 is 0 Å². The number of aromatic nitrogens is 2. The first-order valence-corrected chi connectivity index (χ1v) is 6.27. The number of hydrogen-bond donors (Lipinski definition) is 1. The van der Waals surface area contributed by atoms with Crippen LogP contribution in [0.3, 0.4) is 0 Å². The van der Waals surface area contributed by atoms with Crippen molar-refractivity contribution in [3.05, 3.63) is 18.2 Å². The van der Waals surface area contributed by atoms with Gasteiger partial charge in [0.15, 0.2) is 0 Å². The Bertz CT molecular complexity index is 331. The number of rotatable bonds is 5. The molecule has 1 aliphatic rings. The lowest BCUT2D eigenvalue weighted by molar-refractivity contribution is 0.396. The van der Waals surface area contributed by atoms with E-state index in [2.05, 4.69) is 35.6 Å². The predicted molar refractivity (Wildman–Crippen MR) is 66.4 cm³/mol. The third-order valence-electron chi connectivity index (χ3n) is 2.87. The van der Waals surface area contributed by atoms with Gasteiger partial charge in [0, 0.05) is 31.0 Å². The summed E-state index contributed by atoms with van der Waals surface area (Å²) in [5.41, 5.74) is 1.69. The SMILES string of the molecule is CC(C)(C)Cc1cncn1CCNC1CC1. The van der Waals surface area contributed by atoms with E-state index >= 15 is 0 Å². The molecule has 3 heteroatoms. The number of hydrogen-bond acceptors (Lipinski definition) is 2. The Balaban J connectivity index is 1.85. The first-order chi connectivity index (χ1) is 7.54. The first kappa shape index (κ1) is 11.6. The average Bonchev–Trinajstić information content (AvgIpc) is 2.88. The minimum absolute atomic E-state index is 0.335. The predicted octanol–water partition coefficient (Wildman–Crippen LogP) is 2.22. The summed E-state index contributed by atoms with van der Waals surface area (Å²) >= 11 is 0. The second-order valence-electron chi connectivity index (χ2n) is 6.04. The minimum Gasteiger partial charge on any atom is -0.333 e. The molecular formula is C13H23N3. The second kappa shape index (κ2) is 4.58. The van der Waals surface area contributed by atoms with Crippen LogP contribution in [-0.4, -0.2) is 22.1 Å². The maximum atomic E-state index is 4.25. The molecule has 0 atom stereocenters. The largest absolute Gasteiger partial charge is 0.333 e. The van der Waals surface area contributed by atoms with Gasteiger partial charge in [-0.1, -0.05) is 20.8 Å². The Morgan fingerprint density at radius 3 is 2.81 bits per heavy atom. The van der Waals surface area contributed by atoms with E-state index in [-0.39, 0.29) is 0 Å². The molecule has 1 fully saturated rings. The Labute approximate surface area is 98.3 Å². The van der Waals surface area contributed by atoms with Gasteiger partial charge in [-0.3, -0.25) is 0 Å². The van der Waals surface area contributed by atoms with E-state index in [4.69, 9.17) is 0 Å². The Morgan fingerprint density at radius 2 is 2.19 bits per heavy atom. The van der Waals surface area contributed by atoms with Crippen LogP contribution in [0.4, 0.5) is 0 Å². The molecule has 1 aliphatic carbocycles. The van der Waals surface area contributed by atoms with Gasteiger partial charge in [-0.15, -0.1) is 0 Å². The summed E-state index contributed by atoms with van der Waals surface area (Å²) in [5, 5.41) is 3.54. The van der Waals surface area contributed by atoms with Crippen molar-refractivity contribution in [3.8, 4) is 0 Å². The van der Waals surface area contributed by atoms with Crippen LogP contribution in [0.2, 0.25) is 0 Å². The zero-order chi connectivity index (χ0) is 11.6. The maximum Gasteiger partial charge on any atom is 0.0948 e. The van der Waals surface area contributed by atoms with E-state index in [1.54, 1.807) is 0 Å². The van der Waals surface area contributed by atoms with Crippen molar-refractivity contribution in [2.24, 2.45) is 5.41 Å². The normalized spacial score (nSPS) is 16.7. The highest BCUT2D eigenvalue weighted by Gasteiger charge is 2.20. The van der Waals surface area contributed by atoms with Crippen molar-refractivity contribution in [2.75, 3.05) is 6.54 Å². The summed E-state index contributed by atoms with van der Waals surface area (Å²) in [6.45, 7) is 8.92. The summed E-state index contributed by atoms with van der Waals surface area (Å²) in [5.74, 6) is 0. The molecule has 0 aromatic carbocycles. The lowest BCUT2D eigenvalue weighted by Gasteiger charge is -2.19. The van der Waals surface area contributed by atoms with Crippen molar-refractivity contribution in [3.63, 3.8) is 0 Å². The highest BCUT2D eigenvalue weighted by Crippen LogP contribution is 2.20. The molecule has 0 unspecified atom stereocenters. The lowest BCUT2D eigenvalue weighted by Crippen LogP contribution is -2.23. The van der Waals surface area contributed by atoms with E-state index < -0.39 is 0 Å². The van der Waals surface area contributed by atoms with Gasteiger partial charge in [0.25, 0.3) is 0 Å². The maximum absolute atomic E-state index is 4.25. The summed E-state index contributed by atoms with van der Waals surface area (Å²) < 4.78 is 2.28. The third-order valence-corrected chi connectivity index (χ3v) is 2.87. The van der Waals surface area contributed by atoms with Gasteiger partial charge in [0.2, 0.25) is 0 Å². The molecule has 0 radical (unpaired) electrons. The molecule has 0 saturated heterocycles. The molecule has 2 rings (SSSR count). The Kier molecular flexibility index (Phi) is 3.33. The van der Waals surface area contributed by atoms with Gasteiger partial charge in [-0.2, -0.15) is 0 Å². The molecule has 1 aromatic rings. The molecular weight excluding hydrogens is 198 g/mol. The van der Waals surface area contributed by atoms with Crippen LogP contribution < -0.4 is 5.32 Å². The molecule has 1 aromatic heterocycles. The fraction of sp³-hybridized carbons (Fsp3) is 0.769. The summed E-state index contributed by atoms with van der Waals surface area (Å²) in [6, 6.07) is 0.801. The molecule has 0 spiro atoms. The standard InChI is InChI=1S/C13H23N3/c1-13(2,3)8-12-9-14-10-16(12)7-6-15-11-4-5-11/h9-11,15H,4-8H2,1-3H3.